The number of rotatable bonds is 6. The highest BCUT2D eigenvalue weighted by Crippen LogP contribution is 2.51. The Balaban J connectivity index is 1.81. The Morgan fingerprint density at radius 1 is 0.902 bits per heavy atom. The maximum atomic E-state index is 14.6. The molecule has 0 spiro atoms. The molecule has 2 aliphatic rings. The molecule has 0 aromatic heterocycles. The number of ketones is 1. The highest BCUT2D eigenvalue weighted by molar-refractivity contribution is 6.30. The minimum absolute atomic E-state index is 0.0808. The fraction of sp³-hybridized carbons (Fsp3) is 0.219. The number of anilines is 1. The van der Waals surface area contributed by atoms with Crippen molar-refractivity contribution in [1.82, 2.24) is 0 Å². The summed E-state index contributed by atoms with van der Waals surface area (Å²) in [5, 5.41) is 0.418. The molecule has 1 aliphatic carbocycles. The predicted octanol–water partition coefficient (Wildman–Crippen LogP) is 5.10. The predicted molar refractivity (Wildman–Crippen MR) is 154 cm³/mol. The van der Waals surface area contributed by atoms with E-state index in [1.807, 2.05) is 42.5 Å². The first kappa shape index (κ1) is 28.0. The fourth-order valence-corrected chi connectivity index (χ4v) is 5.99. The van der Waals surface area contributed by atoms with Crippen LogP contribution in [-0.4, -0.2) is 39.1 Å². The number of carbonyl (C=O) groups excluding carboxylic acids is 3. The zero-order valence-corrected chi connectivity index (χ0v) is 23.6. The molecule has 0 unspecified atom stereocenters. The second-order valence-electron chi connectivity index (χ2n) is 9.76. The number of para-hydroxylation sites is 1. The van der Waals surface area contributed by atoms with Gasteiger partial charge in [0.05, 0.1) is 32.8 Å². The molecule has 0 fully saturated rings. The van der Waals surface area contributed by atoms with E-state index in [0.717, 1.165) is 5.56 Å². The van der Waals surface area contributed by atoms with Crippen LogP contribution >= 0.6 is 11.6 Å². The van der Waals surface area contributed by atoms with Gasteiger partial charge >= 0.3 is 11.9 Å². The van der Waals surface area contributed by atoms with Gasteiger partial charge in [-0.25, -0.2) is 4.79 Å². The van der Waals surface area contributed by atoms with E-state index in [1.54, 1.807) is 48.4 Å². The van der Waals surface area contributed by atoms with Crippen molar-refractivity contribution in [2.45, 2.75) is 18.3 Å². The van der Waals surface area contributed by atoms with E-state index in [0.29, 0.717) is 27.7 Å². The van der Waals surface area contributed by atoms with Gasteiger partial charge in [-0.05, 0) is 53.9 Å². The van der Waals surface area contributed by atoms with E-state index < -0.39 is 35.5 Å². The second kappa shape index (κ2) is 11.5. The Morgan fingerprint density at radius 2 is 1.61 bits per heavy atom. The summed E-state index contributed by atoms with van der Waals surface area (Å²) in [6, 6.07) is 23.3. The number of halogens is 1. The third-order valence-electron chi connectivity index (χ3n) is 7.64. The molecule has 0 amide bonds. The molecule has 5 rings (SSSR count). The van der Waals surface area contributed by atoms with Crippen molar-refractivity contribution in [1.29, 1.82) is 0 Å². The molecule has 1 aliphatic heterocycles. The van der Waals surface area contributed by atoms with Crippen LogP contribution in [0, 0.1) is 5.92 Å². The summed E-state index contributed by atoms with van der Waals surface area (Å²) in [6.07, 6.45) is 0.258. The summed E-state index contributed by atoms with van der Waals surface area (Å²) < 4.78 is 15.6. The molecule has 3 aromatic rings. The van der Waals surface area contributed by atoms with Gasteiger partial charge in [0.2, 0.25) is 0 Å². The zero-order chi connectivity index (χ0) is 29.3. The monoisotopic (exact) mass is 572 g/mol. The molecule has 9 heteroatoms. The van der Waals surface area contributed by atoms with Crippen molar-refractivity contribution < 1.29 is 28.6 Å². The number of benzene rings is 3. The van der Waals surface area contributed by atoms with Gasteiger partial charge in [-0.1, -0.05) is 54.1 Å². The number of hydrogen-bond donors (Lipinski definition) is 1. The van der Waals surface area contributed by atoms with E-state index >= 15 is 0 Å². The Kier molecular flexibility index (Phi) is 7.85. The van der Waals surface area contributed by atoms with Crippen LogP contribution in [0.1, 0.15) is 29.4 Å². The number of hydrogen-bond acceptors (Lipinski definition) is 8. The molecular weight excluding hydrogens is 544 g/mol. The molecule has 2 N–H and O–H groups in total. The Morgan fingerprint density at radius 3 is 2.22 bits per heavy atom. The summed E-state index contributed by atoms with van der Waals surface area (Å²) in [5.41, 5.74) is 9.72. The third kappa shape index (κ3) is 4.95. The Bertz CT molecular complexity index is 1560. The first-order chi connectivity index (χ1) is 19.8. The maximum absolute atomic E-state index is 14.6. The van der Waals surface area contributed by atoms with Crippen molar-refractivity contribution in [3.63, 3.8) is 0 Å². The number of Topliss-reactive ketones (excluding diaryl/α,β-unsaturated/α-hetero) is 1. The normalized spacial score (nSPS) is 20.4. The van der Waals surface area contributed by atoms with Gasteiger partial charge in [-0.3, -0.25) is 14.5 Å². The molecule has 41 heavy (non-hydrogen) atoms. The minimum atomic E-state index is -1.16. The summed E-state index contributed by atoms with van der Waals surface area (Å²) in [5.74, 6) is -3.70. The van der Waals surface area contributed by atoms with Gasteiger partial charge in [0.25, 0.3) is 0 Å². The molecule has 3 atom stereocenters. The lowest BCUT2D eigenvalue weighted by molar-refractivity contribution is -0.150. The third-order valence-corrected chi connectivity index (χ3v) is 7.87. The van der Waals surface area contributed by atoms with Gasteiger partial charge in [0, 0.05) is 27.9 Å². The van der Waals surface area contributed by atoms with E-state index in [-0.39, 0.29) is 23.4 Å². The number of ether oxygens (including phenoxy) is 3. The van der Waals surface area contributed by atoms with Crippen LogP contribution in [-0.2, 0) is 23.9 Å². The van der Waals surface area contributed by atoms with Crippen LogP contribution in [0.25, 0.3) is 0 Å². The van der Waals surface area contributed by atoms with Crippen LogP contribution in [0.4, 0.5) is 5.69 Å². The lowest BCUT2D eigenvalue weighted by Gasteiger charge is -2.44. The molecule has 3 aromatic carbocycles. The van der Waals surface area contributed by atoms with Crippen LogP contribution in [0.5, 0.6) is 5.75 Å². The van der Waals surface area contributed by atoms with Crippen LogP contribution in [0.3, 0.4) is 0 Å². The standard InChI is InChI=1S/C32H29ClN2O6/c1-39-22-14-12-18(13-15-22)23-17-24-27(29(36)26(23)31(37)40-2)25(19-8-7-9-20(33)16-19)28(32(38)41-3)30(34)35(24)21-10-5-4-6-11-21/h4-16,23,25-26H,17,34H2,1-3H3/t23-,25+,26-/m1/s1. The van der Waals surface area contributed by atoms with Gasteiger partial charge in [0.1, 0.15) is 17.5 Å². The van der Waals surface area contributed by atoms with Crippen molar-refractivity contribution in [3.8, 4) is 5.75 Å². The molecule has 8 nitrogen and oxygen atoms in total. The molecule has 0 radical (unpaired) electrons. The lowest BCUT2D eigenvalue weighted by atomic mass is 9.67. The van der Waals surface area contributed by atoms with Crippen LogP contribution < -0.4 is 15.4 Å². The van der Waals surface area contributed by atoms with E-state index in [2.05, 4.69) is 0 Å². The number of allylic oxidation sites excluding steroid dienone is 2. The summed E-state index contributed by atoms with van der Waals surface area (Å²) >= 11 is 6.37. The molecule has 0 bridgehead atoms. The maximum Gasteiger partial charge on any atom is 0.338 e. The summed E-state index contributed by atoms with van der Waals surface area (Å²) in [7, 11) is 4.08. The number of nitrogens with two attached hydrogens (primary N) is 1. The van der Waals surface area contributed by atoms with Crippen molar-refractivity contribution in [2.24, 2.45) is 11.7 Å². The minimum Gasteiger partial charge on any atom is -0.497 e. The van der Waals surface area contributed by atoms with E-state index in [1.165, 1.54) is 14.2 Å². The number of esters is 2. The SMILES string of the molecule is COC(=O)C1=C(N)N(c2ccccc2)C2=C(C(=O)[C@H](C(=O)OC)[C@@H](c3ccc(OC)cc3)C2)[C@@H]1c1cccc(Cl)c1. The molecule has 210 valence electrons. The average Bonchev–Trinajstić information content (AvgIpc) is 3.00. The lowest BCUT2D eigenvalue weighted by Crippen LogP contribution is -2.46. The van der Waals surface area contributed by atoms with Gasteiger partial charge in [-0.15, -0.1) is 0 Å². The van der Waals surface area contributed by atoms with Crippen LogP contribution in [0.15, 0.2) is 102 Å². The first-order valence-electron chi connectivity index (χ1n) is 13.0. The van der Waals surface area contributed by atoms with Crippen molar-refractivity contribution in [2.75, 3.05) is 26.2 Å². The summed E-state index contributed by atoms with van der Waals surface area (Å²) in [4.78, 5) is 43.0. The molecule has 0 saturated heterocycles. The largest absolute Gasteiger partial charge is 0.497 e. The van der Waals surface area contributed by atoms with Crippen molar-refractivity contribution >= 4 is 35.0 Å². The van der Waals surface area contributed by atoms with Gasteiger partial charge in [0.15, 0.2) is 5.78 Å². The quantitative estimate of drug-likeness (QED) is 0.321. The number of nitrogens with zero attached hydrogens (tertiary/aromatic N) is 1. The van der Waals surface area contributed by atoms with Gasteiger partial charge in [-0.2, -0.15) is 0 Å². The molecule has 1 heterocycles. The number of methoxy groups -OCH3 is 3. The first-order valence-corrected chi connectivity index (χ1v) is 13.4. The topological polar surface area (TPSA) is 108 Å². The highest BCUT2D eigenvalue weighted by Gasteiger charge is 2.51. The van der Waals surface area contributed by atoms with Crippen molar-refractivity contribution in [3.05, 3.63) is 118 Å². The van der Waals surface area contributed by atoms with E-state index in [9.17, 15) is 14.4 Å². The number of carbonyl (C=O) groups is 3. The smallest absolute Gasteiger partial charge is 0.338 e. The average molecular weight is 573 g/mol. The Hall–Kier alpha value is -4.56. The summed E-state index contributed by atoms with van der Waals surface area (Å²) in [6.45, 7) is 0. The zero-order valence-electron chi connectivity index (χ0n) is 22.8. The van der Waals surface area contributed by atoms with Gasteiger partial charge < -0.3 is 19.9 Å². The molecule has 0 saturated carbocycles. The van der Waals surface area contributed by atoms with Crippen LogP contribution in [0.2, 0.25) is 5.02 Å². The Labute approximate surface area is 242 Å². The second-order valence-corrected chi connectivity index (χ2v) is 10.2. The molecular formula is C32H29ClN2O6. The highest BCUT2D eigenvalue weighted by atomic mass is 35.5. The van der Waals surface area contributed by atoms with E-state index in [4.69, 9.17) is 31.5 Å². The fourth-order valence-electron chi connectivity index (χ4n) is 5.79.